The summed E-state index contributed by atoms with van der Waals surface area (Å²) in [7, 11) is 0. The molecule has 2 atom stereocenters. The Hall–Kier alpha value is -2.63. The summed E-state index contributed by atoms with van der Waals surface area (Å²) in [6, 6.07) is 5.69. The molecule has 3 aliphatic rings. The van der Waals surface area contributed by atoms with E-state index < -0.39 is 0 Å². The van der Waals surface area contributed by atoms with E-state index in [-0.39, 0.29) is 23.8 Å². The van der Waals surface area contributed by atoms with Gasteiger partial charge in [-0.2, -0.15) is 0 Å². The van der Waals surface area contributed by atoms with Crippen LogP contribution >= 0.6 is 0 Å². The minimum atomic E-state index is -0.0867. The zero-order valence-electron chi connectivity index (χ0n) is 16.2. The highest BCUT2D eigenvalue weighted by Gasteiger charge is 2.41. The number of rotatable bonds is 3. The van der Waals surface area contributed by atoms with Crippen LogP contribution in [0.4, 0.5) is 0 Å². The molecule has 0 aliphatic carbocycles. The fourth-order valence-electron chi connectivity index (χ4n) is 4.18. The van der Waals surface area contributed by atoms with E-state index >= 15 is 0 Å². The van der Waals surface area contributed by atoms with Crippen LogP contribution in [0.25, 0.3) is 11.0 Å². The first kappa shape index (κ1) is 17.8. The molecule has 1 aromatic carbocycles. The van der Waals surface area contributed by atoms with Crippen molar-refractivity contribution < 1.29 is 9.59 Å². The molecule has 6 nitrogen and oxygen atoms in total. The molecule has 1 N–H and O–H groups in total. The normalized spacial score (nSPS) is 22.3. The number of hydrogen-bond acceptors (Lipinski definition) is 3. The Kier molecular flexibility index (Phi) is 4.50. The standard InChI is InChI=1S/C21H26N4O2/c1-13(2)8-9-25-17-6-4-16(21(25)27)11-24(12-17)20(26)15-5-7-18-19(10-15)23-14(3)22-18/h5,7-8,10,16-17H,4,6,9,11-12H2,1-3H3,(H,22,23)/t16-,17+/m0/s1. The highest BCUT2D eigenvalue weighted by Crippen LogP contribution is 2.30. The van der Waals surface area contributed by atoms with Crippen LogP contribution in [-0.2, 0) is 4.79 Å². The first-order valence-electron chi connectivity index (χ1n) is 9.62. The van der Waals surface area contributed by atoms with Crippen molar-refractivity contribution in [1.82, 2.24) is 19.8 Å². The predicted molar refractivity (Wildman–Crippen MR) is 104 cm³/mol. The number of aryl methyl sites for hydroxylation is 1. The van der Waals surface area contributed by atoms with Crippen molar-refractivity contribution in [3.63, 3.8) is 0 Å². The Labute approximate surface area is 159 Å². The van der Waals surface area contributed by atoms with Gasteiger partial charge in [0.2, 0.25) is 5.91 Å². The SMILES string of the molecule is CC(C)=CCN1C(=O)[C@H]2CC[C@@H]1CN(C(=O)c1ccc3nc(C)[nH]c3c1)C2. The lowest BCUT2D eigenvalue weighted by Crippen LogP contribution is -2.48. The van der Waals surface area contributed by atoms with Crippen molar-refractivity contribution in [3.8, 4) is 0 Å². The molecule has 0 saturated carbocycles. The molecule has 3 fully saturated rings. The van der Waals surface area contributed by atoms with Crippen LogP contribution in [0.2, 0.25) is 0 Å². The number of aromatic amines is 1. The van der Waals surface area contributed by atoms with Crippen molar-refractivity contribution in [1.29, 1.82) is 0 Å². The molecule has 6 heteroatoms. The maximum atomic E-state index is 13.2. The molecule has 2 bridgehead atoms. The molecule has 0 unspecified atom stereocenters. The average molecular weight is 366 g/mol. The van der Waals surface area contributed by atoms with Crippen LogP contribution in [-0.4, -0.2) is 57.3 Å². The maximum absolute atomic E-state index is 13.2. The fraction of sp³-hybridized carbons (Fsp3) is 0.476. The van der Waals surface area contributed by atoms with Gasteiger partial charge in [0.1, 0.15) is 5.82 Å². The molecule has 5 rings (SSSR count). The summed E-state index contributed by atoms with van der Waals surface area (Å²) < 4.78 is 0. The lowest BCUT2D eigenvalue weighted by Gasteiger charge is -2.35. The van der Waals surface area contributed by atoms with Crippen molar-refractivity contribution in [2.75, 3.05) is 19.6 Å². The van der Waals surface area contributed by atoms with E-state index in [0.717, 1.165) is 29.7 Å². The Bertz CT molecular complexity index is 925. The number of carbonyl (C=O) groups excluding carboxylic acids is 2. The number of fused-ring (bicyclic) bond motifs is 5. The third-order valence-corrected chi connectivity index (χ3v) is 5.62. The number of nitrogens with one attached hydrogen (secondary N) is 1. The highest BCUT2D eigenvalue weighted by atomic mass is 16.2. The van der Waals surface area contributed by atoms with Crippen LogP contribution < -0.4 is 0 Å². The largest absolute Gasteiger partial charge is 0.342 e. The molecular weight excluding hydrogens is 340 g/mol. The number of H-pyrrole nitrogens is 1. The molecular formula is C21H26N4O2. The number of carbonyl (C=O) groups is 2. The van der Waals surface area contributed by atoms with E-state index in [1.165, 1.54) is 5.57 Å². The number of piperidine rings is 1. The van der Waals surface area contributed by atoms with Gasteiger partial charge in [-0.15, -0.1) is 0 Å². The number of aromatic nitrogens is 2. The van der Waals surface area contributed by atoms with Crippen LogP contribution in [0.15, 0.2) is 29.8 Å². The molecule has 1 aromatic heterocycles. The summed E-state index contributed by atoms with van der Waals surface area (Å²) >= 11 is 0. The second kappa shape index (κ2) is 6.83. The number of benzene rings is 1. The summed E-state index contributed by atoms with van der Waals surface area (Å²) in [5.41, 5.74) is 3.59. The third-order valence-electron chi connectivity index (χ3n) is 5.62. The van der Waals surface area contributed by atoms with E-state index in [1.54, 1.807) is 0 Å². The summed E-state index contributed by atoms with van der Waals surface area (Å²) in [5, 5.41) is 0. The predicted octanol–water partition coefficient (Wildman–Crippen LogP) is 2.90. The molecule has 0 spiro atoms. The van der Waals surface area contributed by atoms with Gasteiger partial charge in [-0.3, -0.25) is 9.59 Å². The van der Waals surface area contributed by atoms with E-state index in [1.807, 2.05) is 48.8 Å². The lowest BCUT2D eigenvalue weighted by atomic mass is 9.94. The zero-order valence-corrected chi connectivity index (χ0v) is 16.2. The van der Waals surface area contributed by atoms with Gasteiger partial charge < -0.3 is 14.8 Å². The van der Waals surface area contributed by atoms with Crippen molar-refractivity contribution in [3.05, 3.63) is 41.2 Å². The first-order chi connectivity index (χ1) is 12.9. The summed E-state index contributed by atoms with van der Waals surface area (Å²) in [6.07, 6.45) is 3.94. The molecule has 2 amide bonds. The third kappa shape index (κ3) is 3.36. The Morgan fingerprint density at radius 1 is 1.30 bits per heavy atom. The molecule has 142 valence electrons. The van der Waals surface area contributed by atoms with E-state index in [9.17, 15) is 9.59 Å². The quantitative estimate of drug-likeness (QED) is 0.849. The van der Waals surface area contributed by atoms with Crippen LogP contribution in [0, 0.1) is 12.8 Å². The molecule has 4 heterocycles. The van der Waals surface area contributed by atoms with Gasteiger partial charge in [-0.25, -0.2) is 4.98 Å². The number of imidazole rings is 1. The van der Waals surface area contributed by atoms with Gasteiger partial charge in [-0.05, 0) is 51.8 Å². The van der Waals surface area contributed by atoms with Gasteiger partial charge in [-0.1, -0.05) is 11.6 Å². The molecule has 3 aliphatic heterocycles. The molecule has 3 saturated heterocycles. The smallest absolute Gasteiger partial charge is 0.254 e. The van der Waals surface area contributed by atoms with Gasteiger partial charge in [0.05, 0.1) is 17.0 Å². The van der Waals surface area contributed by atoms with Crippen molar-refractivity contribution in [2.24, 2.45) is 5.92 Å². The van der Waals surface area contributed by atoms with Gasteiger partial charge in [0, 0.05) is 31.2 Å². The average Bonchev–Trinajstić information content (AvgIpc) is 2.80. The summed E-state index contributed by atoms with van der Waals surface area (Å²) in [6.45, 7) is 7.76. The second-order valence-electron chi connectivity index (χ2n) is 7.96. The monoisotopic (exact) mass is 366 g/mol. The number of amides is 2. The van der Waals surface area contributed by atoms with Gasteiger partial charge >= 0.3 is 0 Å². The van der Waals surface area contributed by atoms with Crippen LogP contribution in [0.3, 0.4) is 0 Å². The van der Waals surface area contributed by atoms with E-state index in [2.05, 4.69) is 16.0 Å². The number of hydrogen-bond donors (Lipinski definition) is 1. The Morgan fingerprint density at radius 3 is 2.89 bits per heavy atom. The lowest BCUT2D eigenvalue weighted by molar-refractivity contribution is -0.139. The minimum Gasteiger partial charge on any atom is -0.342 e. The Morgan fingerprint density at radius 2 is 2.11 bits per heavy atom. The van der Waals surface area contributed by atoms with Crippen LogP contribution in [0.1, 0.15) is 42.9 Å². The second-order valence-corrected chi connectivity index (χ2v) is 7.96. The van der Waals surface area contributed by atoms with E-state index in [0.29, 0.717) is 25.2 Å². The highest BCUT2D eigenvalue weighted by molar-refractivity contribution is 5.98. The number of allylic oxidation sites excluding steroid dienone is 1. The van der Waals surface area contributed by atoms with Gasteiger partial charge in [0.15, 0.2) is 0 Å². The summed E-state index contributed by atoms with van der Waals surface area (Å²) in [4.78, 5) is 37.4. The number of nitrogens with zero attached hydrogens (tertiary/aromatic N) is 3. The van der Waals surface area contributed by atoms with Crippen molar-refractivity contribution >= 4 is 22.8 Å². The van der Waals surface area contributed by atoms with Gasteiger partial charge in [0.25, 0.3) is 5.91 Å². The zero-order chi connectivity index (χ0) is 19.1. The summed E-state index contributed by atoms with van der Waals surface area (Å²) in [5.74, 6) is 0.941. The fourth-order valence-corrected chi connectivity index (χ4v) is 4.18. The Balaban J connectivity index is 1.58. The molecule has 2 aromatic rings. The minimum absolute atomic E-state index is 0.00193. The molecule has 0 radical (unpaired) electrons. The van der Waals surface area contributed by atoms with Crippen LogP contribution in [0.5, 0.6) is 0 Å². The maximum Gasteiger partial charge on any atom is 0.254 e. The van der Waals surface area contributed by atoms with Crippen molar-refractivity contribution in [2.45, 2.75) is 39.7 Å². The first-order valence-corrected chi connectivity index (χ1v) is 9.62. The molecule has 27 heavy (non-hydrogen) atoms. The topological polar surface area (TPSA) is 69.3 Å². The van der Waals surface area contributed by atoms with E-state index in [4.69, 9.17) is 0 Å².